The zero-order chi connectivity index (χ0) is 17.0. The molecule has 8 heteroatoms. The molecule has 6 nitrogen and oxygen atoms in total. The normalized spacial score (nSPS) is 16.0. The number of aromatic nitrogens is 2. The molecular weight excluding hydrogens is 344 g/mol. The maximum atomic E-state index is 12.5. The number of thiophene rings is 1. The second kappa shape index (κ2) is 7.40. The summed E-state index contributed by atoms with van der Waals surface area (Å²) < 4.78 is 3.82. The minimum absolute atomic E-state index is 0.00967. The van der Waals surface area contributed by atoms with E-state index in [0.29, 0.717) is 23.5 Å². The zero-order valence-corrected chi connectivity index (χ0v) is 15.1. The fourth-order valence-electron chi connectivity index (χ4n) is 3.04. The predicted octanol–water partition coefficient (Wildman–Crippen LogP) is 2.31. The maximum absolute atomic E-state index is 12.5. The number of hydrogen-bond donors (Lipinski definition) is 2. The lowest BCUT2D eigenvalue weighted by Gasteiger charge is -2.30. The van der Waals surface area contributed by atoms with Gasteiger partial charge in [0.15, 0.2) is 0 Å². The van der Waals surface area contributed by atoms with Gasteiger partial charge in [-0.3, -0.25) is 9.59 Å². The van der Waals surface area contributed by atoms with Crippen molar-refractivity contribution in [2.75, 3.05) is 6.54 Å². The van der Waals surface area contributed by atoms with E-state index < -0.39 is 0 Å². The molecular formula is C16H20N4O2S2. The van der Waals surface area contributed by atoms with Gasteiger partial charge < -0.3 is 10.6 Å². The van der Waals surface area contributed by atoms with Gasteiger partial charge in [-0.25, -0.2) is 0 Å². The van der Waals surface area contributed by atoms with Crippen molar-refractivity contribution in [1.29, 1.82) is 0 Å². The van der Waals surface area contributed by atoms with Crippen LogP contribution in [-0.2, 0) is 11.2 Å². The van der Waals surface area contributed by atoms with Crippen molar-refractivity contribution < 1.29 is 9.59 Å². The first kappa shape index (κ1) is 17.0. The third-order valence-electron chi connectivity index (χ3n) is 4.37. The average molecular weight is 364 g/mol. The van der Waals surface area contributed by atoms with Crippen molar-refractivity contribution >= 4 is 34.7 Å². The molecule has 2 N–H and O–H groups in total. The molecule has 1 aliphatic carbocycles. The van der Waals surface area contributed by atoms with E-state index in [2.05, 4.69) is 20.2 Å². The summed E-state index contributed by atoms with van der Waals surface area (Å²) in [6.07, 6.45) is 4.25. The van der Waals surface area contributed by atoms with E-state index >= 15 is 0 Å². The molecule has 24 heavy (non-hydrogen) atoms. The van der Waals surface area contributed by atoms with Gasteiger partial charge in [-0.2, -0.15) is 11.3 Å². The minimum atomic E-state index is -0.363. The molecule has 1 fully saturated rings. The van der Waals surface area contributed by atoms with E-state index in [-0.39, 0.29) is 17.4 Å². The van der Waals surface area contributed by atoms with E-state index in [0.717, 1.165) is 42.8 Å². The second-order valence-corrected chi connectivity index (χ2v) is 7.75. The summed E-state index contributed by atoms with van der Waals surface area (Å²) in [4.78, 5) is 25.2. The summed E-state index contributed by atoms with van der Waals surface area (Å²) in [7, 11) is 0. The lowest BCUT2D eigenvalue weighted by molar-refractivity contribution is -0.120. The third-order valence-corrected chi connectivity index (χ3v) is 5.92. The van der Waals surface area contributed by atoms with Gasteiger partial charge in [-0.15, -0.1) is 5.10 Å². The fraction of sp³-hybridized carbons (Fsp3) is 0.500. The van der Waals surface area contributed by atoms with Crippen LogP contribution in [0.4, 0.5) is 0 Å². The molecule has 0 bridgehead atoms. The molecule has 1 saturated carbocycles. The molecule has 2 aromatic heterocycles. The second-order valence-electron chi connectivity index (χ2n) is 6.21. The molecule has 0 radical (unpaired) electrons. The lowest BCUT2D eigenvalue weighted by Crippen LogP contribution is -2.54. The Hall–Kier alpha value is -1.80. The number of aryl methyl sites for hydroxylation is 1. The van der Waals surface area contributed by atoms with Gasteiger partial charge in [0.2, 0.25) is 5.91 Å². The van der Waals surface area contributed by atoms with Crippen LogP contribution in [0.15, 0.2) is 16.8 Å². The van der Waals surface area contributed by atoms with Crippen LogP contribution in [-0.4, -0.2) is 33.5 Å². The van der Waals surface area contributed by atoms with Crippen LogP contribution in [0.3, 0.4) is 0 Å². The average Bonchev–Trinajstić information content (AvgIpc) is 3.28. The molecule has 0 atom stereocenters. The monoisotopic (exact) mass is 364 g/mol. The van der Waals surface area contributed by atoms with Gasteiger partial charge in [0.05, 0.1) is 17.7 Å². The molecule has 0 saturated heterocycles. The highest BCUT2D eigenvalue weighted by molar-refractivity contribution is 7.08. The van der Waals surface area contributed by atoms with Crippen LogP contribution in [0.2, 0.25) is 0 Å². The van der Waals surface area contributed by atoms with Crippen molar-refractivity contribution in [2.24, 2.45) is 0 Å². The zero-order valence-electron chi connectivity index (χ0n) is 13.5. The highest BCUT2D eigenvalue weighted by Crippen LogP contribution is 2.30. The molecule has 0 unspecified atom stereocenters. The highest BCUT2D eigenvalue weighted by atomic mass is 32.1. The van der Waals surface area contributed by atoms with Crippen LogP contribution in [0, 0.1) is 6.92 Å². The summed E-state index contributed by atoms with van der Waals surface area (Å²) >= 11 is 2.69. The van der Waals surface area contributed by atoms with Gasteiger partial charge in [-0.05, 0) is 53.7 Å². The Bertz CT molecular complexity index is 705. The molecule has 0 spiro atoms. The van der Waals surface area contributed by atoms with E-state index in [4.69, 9.17) is 0 Å². The Labute approximate surface area is 148 Å². The number of hydrogen-bond acceptors (Lipinski definition) is 6. The van der Waals surface area contributed by atoms with Crippen LogP contribution in [0.25, 0.3) is 0 Å². The first-order valence-corrected chi connectivity index (χ1v) is 9.69. The Morgan fingerprint density at radius 3 is 2.75 bits per heavy atom. The molecule has 3 rings (SSSR count). The SMILES string of the molecule is Cc1nnsc1C(=O)NC1(CNC(=O)Cc2ccsc2)CCCC1. The van der Waals surface area contributed by atoms with Crippen LogP contribution in [0.5, 0.6) is 0 Å². The summed E-state index contributed by atoms with van der Waals surface area (Å²) in [5.74, 6) is -0.152. The molecule has 2 aromatic rings. The van der Waals surface area contributed by atoms with Crippen molar-refractivity contribution in [3.63, 3.8) is 0 Å². The largest absolute Gasteiger partial charge is 0.353 e. The smallest absolute Gasteiger partial charge is 0.265 e. The summed E-state index contributed by atoms with van der Waals surface area (Å²) in [5, 5.41) is 14.0. The molecule has 2 amide bonds. The fourth-order valence-corrected chi connectivity index (χ4v) is 4.26. The highest BCUT2D eigenvalue weighted by Gasteiger charge is 2.36. The van der Waals surface area contributed by atoms with Crippen molar-refractivity contribution in [1.82, 2.24) is 20.2 Å². The Kier molecular flexibility index (Phi) is 5.25. The van der Waals surface area contributed by atoms with Crippen molar-refractivity contribution in [3.8, 4) is 0 Å². The van der Waals surface area contributed by atoms with Crippen molar-refractivity contribution in [3.05, 3.63) is 33.0 Å². The number of rotatable bonds is 6. The van der Waals surface area contributed by atoms with Crippen LogP contribution < -0.4 is 10.6 Å². The van der Waals surface area contributed by atoms with E-state index in [9.17, 15) is 9.59 Å². The van der Waals surface area contributed by atoms with Crippen LogP contribution >= 0.6 is 22.9 Å². The molecule has 1 aliphatic rings. The quantitative estimate of drug-likeness (QED) is 0.824. The summed E-state index contributed by atoms with van der Waals surface area (Å²) in [6.45, 7) is 2.25. The predicted molar refractivity (Wildman–Crippen MR) is 94.3 cm³/mol. The third kappa shape index (κ3) is 3.99. The topological polar surface area (TPSA) is 84.0 Å². The Balaban J connectivity index is 1.60. The van der Waals surface area contributed by atoms with Gasteiger partial charge in [0.25, 0.3) is 5.91 Å². The van der Waals surface area contributed by atoms with Gasteiger partial charge in [0, 0.05) is 6.54 Å². The van der Waals surface area contributed by atoms with Crippen LogP contribution in [0.1, 0.15) is 46.6 Å². The van der Waals surface area contributed by atoms with Gasteiger partial charge in [-0.1, -0.05) is 17.3 Å². The maximum Gasteiger partial charge on any atom is 0.265 e. The number of carbonyl (C=O) groups excluding carboxylic acids is 2. The Morgan fingerprint density at radius 1 is 1.33 bits per heavy atom. The Morgan fingerprint density at radius 2 is 2.12 bits per heavy atom. The molecule has 0 aliphatic heterocycles. The molecule has 0 aromatic carbocycles. The van der Waals surface area contributed by atoms with E-state index in [1.165, 1.54) is 0 Å². The number of carbonyl (C=O) groups is 2. The first-order valence-electron chi connectivity index (χ1n) is 7.97. The van der Waals surface area contributed by atoms with Gasteiger partial charge in [0.1, 0.15) is 4.88 Å². The summed E-state index contributed by atoms with van der Waals surface area (Å²) in [5.41, 5.74) is 1.30. The van der Waals surface area contributed by atoms with Gasteiger partial charge >= 0.3 is 0 Å². The molecule has 2 heterocycles. The summed E-state index contributed by atoms with van der Waals surface area (Å²) in [6, 6.07) is 1.96. The number of amides is 2. The minimum Gasteiger partial charge on any atom is -0.353 e. The van der Waals surface area contributed by atoms with E-state index in [1.807, 2.05) is 16.8 Å². The lowest BCUT2D eigenvalue weighted by atomic mass is 9.97. The van der Waals surface area contributed by atoms with E-state index in [1.54, 1.807) is 18.3 Å². The molecule has 128 valence electrons. The number of nitrogens with one attached hydrogen (secondary N) is 2. The first-order chi connectivity index (χ1) is 11.6. The standard InChI is InChI=1S/C16H20N4O2S2/c1-11-14(24-20-19-11)15(22)18-16(5-2-3-6-16)10-17-13(21)8-12-4-7-23-9-12/h4,7,9H,2-3,5-6,8,10H2,1H3,(H,17,21)(H,18,22). The van der Waals surface area contributed by atoms with Crippen molar-refractivity contribution in [2.45, 2.75) is 44.6 Å². The number of nitrogens with zero attached hydrogens (tertiary/aromatic N) is 2.